The number of carbonyl (C=O) groups is 2. The quantitative estimate of drug-likeness (QED) is 0.0577. The summed E-state index contributed by atoms with van der Waals surface area (Å²) in [4.78, 5) is 24.8. The molecule has 0 spiro atoms. The van der Waals surface area contributed by atoms with Gasteiger partial charge in [0.1, 0.15) is 0 Å². The molecule has 238 valence electrons. The summed E-state index contributed by atoms with van der Waals surface area (Å²) in [6, 6.07) is 0. The van der Waals surface area contributed by atoms with E-state index in [9.17, 15) is 9.59 Å². The molecule has 2 nitrogen and oxygen atoms in total. The molecule has 0 aromatic rings. The van der Waals surface area contributed by atoms with E-state index in [4.69, 9.17) is 0 Å². The normalized spacial score (nSPS) is 12.2. The van der Waals surface area contributed by atoms with Gasteiger partial charge >= 0.3 is 0 Å². The first-order valence-electron chi connectivity index (χ1n) is 18.7. The van der Waals surface area contributed by atoms with Gasteiger partial charge < -0.3 is 0 Å². The molecular weight excluding hydrogens is 488 g/mol. The van der Waals surface area contributed by atoms with E-state index in [2.05, 4.69) is 13.8 Å². The maximum absolute atomic E-state index is 12.4. The Hall–Kier alpha value is -0.660. The van der Waals surface area contributed by atoms with Crippen molar-refractivity contribution in [3.63, 3.8) is 0 Å². The number of Topliss-reactive ketones (excluding diaryl/α,β-unsaturated/α-hetero) is 2. The lowest BCUT2D eigenvalue weighted by Crippen LogP contribution is -2.21. The van der Waals surface area contributed by atoms with E-state index in [-0.39, 0.29) is 17.5 Å². The van der Waals surface area contributed by atoms with Crippen LogP contribution in [0.3, 0.4) is 0 Å². The molecule has 0 rings (SSSR count). The fraction of sp³-hybridized carbons (Fsp3) is 0.947. The lowest BCUT2D eigenvalue weighted by atomic mass is 9.93. The van der Waals surface area contributed by atoms with Gasteiger partial charge in [0.2, 0.25) is 5.78 Å². The molecule has 0 aliphatic carbocycles. The average Bonchev–Trinajstić information content (AvgIpc) is 2.96. The second-order valence-electron chi connectivity index (χ2n) is 13.1. The van der Waals surface area contributed by atoms with Crippen molar-refractivity contribution in [1.29, 1.82) is 0 Å². The average molecular weight is 563 g/mol. The number of unbranched alkanes of at least 4 members (excludes halogenated alkanes) is 28. The van der Waals surface area contributed by atoms with Crippen LogP contribution in [0.2, 0.25) is 0 Å². The zero-order chi connectivity index (χ0) is 29.4. The number of hydrogen-bond acceptors (Lipinski definition) is 2. The van der Waals surface area contributed by atoms with Crippen LogP contribution in [0.5, 0.6) is 0 Å². The van der Waals surface area contributed by atoms with Gasteiger partial charge in [-0.1, -0.05) is 207 Å². The van der Waals surface area contributed by atoms with Crippen molar-refractivity contribution < 1.29 is 9.59 Å². The molecule has 1 atom stereocenters. The topological polar surface area (TPSA) is 34.1 Å². The molecule has 0 bridgehead atoms. The Bertz CT molecular complexity index is 526. The van der Waals surface area contributed by atoms with Crippen molar-refractivity contribution in [2.45, 2.75) is 226 Å². The number of carbonyl (C=O) groups excluding carboxylic acids is 2. The highest BCUT2D eigenvalue weighted by molar-refractivity contribution is 6.37. The summed E-state index contributed by atoms with van der Waals surface area (Å²) in [6.45, 7) is 6.53. The van der Waals surface area contributed by atoms with Gasteiger partial charge in [-0.2, -0.15) is 0 Å². The van der Waals surface area contributed by atoms with Gasteiger partial charge in [0, 0.05) is 12.3 Å². The van der Waals surface area contributed by atoms with Gasteiger partial charge in [0.15, 0.2) is 5.78 Å². The predicted molar refractivity (Wildman–Crippen MR) is 178 cm³/mol. The zero-order valence-corrected chi connectivity index (χ0v) is 28.0. The minimum atomic E-state index is -0.108. The van der Waals surface area contributed by atoms with Gasteiger partial charge in [-0.25, -0.2) is 0 Å². The minimum Gasteiger partial charge on any atom is -0.291 e. The molecule has 0 aliphatic rings. The summed E-state index contributed by atoms with van der Waals surface area (Å²) in [5.74, 6) is -0.287. The molecule has 0 N–H and O–H groups in total. The van der Waals surface area contributed by atoms with Crippen LogP contribution in [-0.4, -0.2) is 11.6 Å². The van der Waals surface area contributed by atoms with Crippen molar-refractivity contribution in [3.8, 4) is 0 Å². The highest BCUT2D eigenvalue weighted by Gasteiger charge is 2.20. The minimum absolute atomic E-state index is 0.0779. The Morgan fingerprint density at radius 1 is 0.375 bits per heavy atom. The fourth-order valence-corrected chi connectivity index (χ4v) is 6.01. The molecule has 40 heavy (non-hydrogen) atoms. The van der Waals surface area contributed by atoms with E-state index in [1.54, 1.807) is 0 Å². The first-order chi connectivity index (χ1) is 19.6. The van der Waals surface area contributed by atoms with Gasteiger partial charge in [-0.15, -0.1) is 0 Å². The van der Waals surface area contributed by atoms with Crippen LogP contribution >= 0.6 is 0 Å². The van der Waals surface area contributed by atoms with Gasteiger partial charge in [0.05, 0.1) is 0 Å². The Labute approximate surface area is 253 Å². The van der Waals surface area contributed by atoms with E-state index in [1.165, 1.54) is 173 Å². The molecule has 0 heterocycles. The maximum Gasteiger partial charge on any atom is 0.201 e. The third-order valence-corrected chi connectivity index (χ3v) is 8.97. The smallest absolute Gasteiger partial charge is 0.201 e. The summed E-state index contributed by atoms with van der Waals surface area (Å²) in [7, 11) is 0. The van der Waals surface area contributed by atoms with Crippen LogP contribution in [0.4, 0.5) is 0 Å². The molecule has 0 amide bonds. The molecule has 0 saturated heterocycles. The summed E-state index contributed by atoms with van der Waals surface area (Å²) >= 11 is 0. The van der Waals surface area contributed by atoms with E-state index in [1.807, 2.05) is 6.92 Å². The molecule has 0 fully saturated rings. The molecule has 0 aliphatic heterocycles. The van der Waals surface area contributed by atoms with Crippen molar-refractivity contribution in [1.82, 2.24) is 0 Å². The zero-order valence-electron chi connectivity index (χ0n) is 28.0. The number of rotatable bonds is 34. The largest absolute Gasteiger partial charge is 0.291 e. The van der Waals surface area contributed by atoms with E-state index < -0.39 is 0 Å². The first kappa shape index (κ1) is 39.3. The second kappa shape index (κ2) is 32.8. The summed E-state index contributed by atoms with van der Waals surface area (Å²) in [5, 5.41) is 0. The van der Waals surface area contributed by atoms with Crippen LogP contribution in [0.25, 0.3) is 0 Å². The Morgan fingerprint density at radius 2 is 0.625 bits per heavy atom. The van der Waals surface area contributed by atoms with Crippen molar-refractivity contribution in [2.24, 2.45) is 5.92 Å². The van der Waals surface area contributed by atoms with Crippen LogP contribution in [-0.2, 0) is 9.59 Å². The van der Waals surface area contributed by atoms with Gasteiger partial charge in [-0.05, 0) is 12.8 Å². The SMILES string of the molecule is CCCCCCCCCCCCCCCCCCC(=O)C(=O)C(C)CCCCCCCCCCCCCCCC. The molecule has 2 heteroatoms. The first-order valence-corrected chi connectivity index (χ1v) is 18.7. The third kappa shape index (κ3) is 28.9. The van der Waals surface area contributed by atoms with Crippen LogP contribution < -0.4 is 0 Å². The van der Waals surface area contributed by atoms with Crippen LogP contribution in [0, 0.1) is 5.92 Å². The van der Waals surface area contributed by atoms with Gasteiger partial charge in [-0.3, -0.25) is 9.59 Å². The molecule has 0 radical (unpaired) electrons. The fourth-order valence-electron chi connectivity index (χ4n) is 6.01. The van der Waals surface area contributed by atoms with Gasteiger partial charge in [0.25, 0.3) is 0 Å². The molecule has 0 aromatic carbocycles. The van der Waals surface area contributed by atoms with Crippen LogP contribution in [0.1, 0.15) is 226 Å². The molecule has 0 saturated carbocycles. The third-order valence-electron chi connectivity index (χ3n) is 8.97. The number of ketones is 2. The monoisotopic (exact) mass is 563 g/mol. The summed E-state index contributed by atoms with van der Waals surface area (Å²) < 4.78 is 0. The summed E-state index contributed by atoms with van der Waals surface area (Å²) in [6.07, 6.45) is 41.6. The molecule has 1 unspecified atom stereocenters. The highest BCUT2D eigenvalue weighted by Crippen LogP contribution is 2.17. The van der Waals surface area contributed by atoms with E-state index in [0.717, 1.165) is 25.7 Å². The Morgan fingerprint density at radius 3 is 0.925 bits per heavy atom. The Balaban J connectivity index is 3.41. The van der Waals surface area contributed by atoms with E-state index >= 15 is 0 Å². The summed E-state index contributed by atoms with van der Waals surface area (Å²) in [5.41, 5.74) is 0. The van der Waals surface area contributed by atoms with Crippen molar-refractivity contribution in [3.05, 3.63) is 0 Å². The highest BCUT2D eigenvalue weighted by atomic mass is 16.2. The Kier molecular flexibility index (Phi) is 32.3. The van der Waals surface area contributed by atoms with Crippen LogP contribution in [0.15, 0.2) is 0 Å². The molecule has 0 aromatic heterocycles. The van der Waals surface area contributed by atoms with Crippen molar-refractivity contribution >= 4 is 11.6 Å². The molecular formula is C38H74O2. The predicted octanol–water partition coefficient (Wildman–Crippen LogP) is 13.3. The standard InChI is InChI=1S/C38H74O2/c1-4-6-8-10-12-14-16-18-20-21-23-25-27-29-31-33-35-37(39)38(40)36(3)34-32-30-28-26-24-22-19-17-15-13-11-9-7-5-2/h36H,4-35H2,1-3H3. The second-order valence-corrected chi connectivity index (χ2v) is 13.1. The maximum atomic E-state index is 12.4. The lowest BCUT2D eigenvalue weighted by molar-refractivity contribution is -0.138. The van der Waals surface area contributed by atoms with E-state index in [0.29, 0.717) is 6.42 Å². The van der Waals surface area contributed by atoms with Crippen molar-refractivity contribution in [2.75, 3.05) is 0 Å². The number of hydrogen-bond donors (Lipinski definition) is 0. The lowest BCUT2D eigenvalue weighted by Gasteiger charge is -2.09.